The van der Waals surface area contributed by atoms with Gasteiger partial charge in [-0.1, -0.05) is 11.6 Å². The summed E-state index contributed by atoms with van der Waals surface area (Å²) in [5, 5.41) is 12.4. The van der Waals surface area contributed by atoms with Gasteiger partial charge in [0.1, 0.15) is 17.4 Å². The van der Waals surface area contributed by atoms with Crippen molar-refractivity contribution in [3.63, 3.8) is 0 Å². The lowest BCUT2D eigenvalue weighted by Gasteiger charge is -2.20. The van der Waals surface area contributed by atoms with E-state index in [0.717, 1.165) is 0 Å². The van der Waals surface area contributed by atoms with E-state index in [9.17, 15) is 10.1 Å². The molecule has 0 saturated carbocycles. The van der Waals surface area contributed by atoms with Gasteiger partial charge in [-0.3, -0.25) is 4.79 Å². The second-order valence-corrected chi connectivity index (χ2v) is 5.41. The van der Waals surface area contributed by atoms with Crippen LogP contribution in [0.1, 0.15) is 0 Å². The molecule has 7 nitrogen and oxygen atoms in total. The number of carbonyl (C=O) groups is 1. The van der Waals surface area contributed by atoms with E-state index in [-0.39, 0.29) is 5.57 Å². The SMILES string of the molecule is COCCN(/C=C(/C#N)C(=O)Nc1cc(Cl)ccc1OC)CCOC. The maximum atomic E-state index is 12.4. The fourth-order valence-electron chi connectivity index (χ4n) is 1.95. The summed E-state index contributed by atoms with van der Waals surface area (Å²) in [6.45, 7) is 1.98. The monoisotopic (exact) mass is 367 g/mol. The van der Waals surface area contributed by atoms with Gasteiger partial charge in [0.2, 0.25) is 0 Å². The summed E-state index contributed by atoms with van der Waals surface area (Å²) in [6.07, 6.45) is 1.49. The molecule has 136 valence electrons. The van der Waals surface area contributed by atoms with Gasteiger partial charge in [0, 0.05) is 38.5 Å². The van der Waals surface area contributed by atoms with E-state index in [4.69, 9.17) is 25.8 Å². The summed E-state index contributed by atoms with van der Waals surface area (Å²) in [4.78, 5) is 14.2. The number of halogens is 1. The summed E-state index contributed by atoms with van der Waals surface area (Å²) in [6, 6.07) is 6.75. The van der Waals surface area contributed by atoms with E-state index < -0.39 is 5.91 Å². The maximum absolute atomic E-state index is 12.4. The van der Waals surface area contributed by atoms with Crippen molar-refractivity contribution in [3.05, 3.63) is 35.0 Å². The normalized spacial score (nSPS) is 10.9. The van der Waals surface area contributed by atoms with Crippen LogP contribution in [-0.2, 0) is 14.3 Å². The van der Waals surface area contributed by atoms with Crippen LogP contribution in [0.15, 0.2) is 30.0 Å². The number of ether oxygens (including phenoxy) is 3. The summed E-state index contributed by atoms with van der Waals surface area (Å²) >= 11 is 5.95. The number of benzene rings is 1. The summed E-state index contributed by atoms with van der Waals surface area (Å²) in [5.74, 6) is -0.103. The zero-order valence-electron chi connectivity index (χ0n) is 14.5. The number of hydrogen-bond acceptors (Lipinski definition) is 6. The number of nitrogens with one attached hydrogen (secondary N) is 1. The average Bonchev–Trinajstić information content (AvgIpc) is 2.61. The first kappa shape index (κ1) is 20.8. The van der Waals surface area contributed by atoms with Gasteiger partial charge in [-0.2, -0.15) is 5.26 Å². The van der Waals surface area contributed by atoms with Gasteiger partial charge >= 0.3 is 0 Å². The first-order valence-corrected chi connectivity index (χ1v) is 7.92. The lowest BCUT2D eigenvalue weighted by atomic mass is 10.2. The topological polar surface area (TPSA) is 83.8 Å². The number of nitriles is 1. The first-order valence-electron chi connectivity index (χ1n) is 7.54. The number of amides is 1. The Labute approximate surface area is 152 Å². The van der Waals surface area contributed by atoms with E-state index in [1.54, 1.807) is 37.3 Å². The van der Waals surface area contributed by atoms with Crippen molar-refractivity contribution in [2.24, 2.45) is 0 Å². The highest BCUT2D eigenvalue weighted by Gasteiger charge is 2.14. The Kier molecular flexibility index (Phi) is 9.40. The van der Waals surface area contributed by atoms with Gasteiger partial charge in [0.25, 0.3) is 5.91 Å². The molecule has 1 N–H and O–H groups in total. The largest absolute Gasteiger partial charge is 0.495 e. The lowest BCUT2D eigenvalue weighted by molar-refractivity contribution is -0.112. The van der Waals surface area contributed by atoms with Crippen molar-refractivity contribution in [3.8, 4) is 11.8 Å². The molecule has 0 aromatic heterocycles. The molecular weight excluding hydrogens is 346 g/mol. The summed E-state index contributed by atoms with van der Waals surface area (Å²) < 4.78 is 15.3. The molecule has 0 radical (unpaired) electrons. The molecule has 0 atom stereocenters. The number of nitrogens with zero attached hydrogens (tertiary/aromatic N) is 2. The molecule has 0 aliphatic rings. The highest BCUT2D eigenvalue weighted by molar-refractivity contribution is 6.31. The highest BCUT2D eigenvalue weighted by atomic mass is 35.5. The molecule has 0 spiro atoms. The zero-order chi connectivity index (χ0) is 18.7. The molecule has 8 heteroatoms. The molecule has 1 rings (SSSR count). The second kappa shape index (κ2) is 11.3. The molecule has 1 amide bonds. The Morgan fingerprint density at radius 2 is 1.92 bits per heavy atom. The van der Waals surface area contributed by atoms with Crippen molar-refractivity contribution < 1.29 is 19.0 Å². The third kappa shape index (κ3) is 7.01. The Balaban J connectivity index is 2.94. The van der Waals surface area contributed by atoms with E-state index in [1.165, 1.54) is 13.3 Å². The fourth-order valence-corrected chi connectivity index (χ4v) is 2.12. The van der Waals surface area contributed by atoms with E-state index in [2.05, 4.69) is 5.32 Å². The van der Waals surface area contributed by atoms with Gasteiger partial charge in [-0.25, -0.2) is 0 Å². The number of hydrogen-bond donors (Lipinski definition) is 1. The Morgan fingerprint density at radius 3 is 2.44 bits per heavy atom. The molecule has 0 saturated heterocycles. The van der Waals surface area contributed by atoms with Crippen molar-refractivity contribution in [2.45, 2.75) is 0 Å². The van der Waals surface area contributed by atoms with E-state index in [0.29, 0.717) is 42.8 Å². The van der Waals surface area contributed by atoms with Crippen molar-refractivity contribution in [1.82, 2.24) is 4.90 Å². The van der Waals surface area contributed by atoms with Crippen LogP contribution in [-0.4, -0.2) is 58.4 Å². The summed E-state index contributed by atoms with van der Waals surface area (Å²) in [5.41, 5.74) is 0.343. The zero-order valence-corrected chi connectivity index (χ0v) is 15.3. The van der Waals surface area contributed by atoms with Gasteiger partial charge < -0.3 is 24.4 Å². The first-order chi connectivity index (χ1) is 12.0. The van der Waals surface area contributed by atoms with Gasteiger partial charge in [0.15, 0.2) is 0 Å². The molecule has 25 heavy (non-hydrogen) atoms. The maximum Gasteiger partial charge on any atom is 0.267 e. The van der Waals surface area contributed by atoms with Crippen LogP contribution in [0.4, 0.5) is 5.69 Å². The Morgan fingerprint density at radius 1 is 1.28 bits per heavy atom. The van der Waals surface area contributed by atoms with Crippen LogP contribution in [0.2, 0.25) is 5.02 Å². The van der Waals surface area contributed by atoms with E-state index >= 15 is 0 Å². The van der Waals surface area contributed by atoms with E-state index in [1.807, 2.05) is 6.07 Å². The number of anilines is 1. The van der Waals surface area contributed by atoms with Crippen LogP contribution < -0.4 is 10.1 Å². The van der Waals surface area contributed by atoms with Crippen molar-refractivity contribution in [2.75, 3.05) is 52.9 Å². The number of carbonyl (C=O) groups excluding carboxylic acids is 1. The Bertz CT molecular complexity index is 635. The van der Waals surface area contributed by atoms with Crippen molar-refractivity contribution >= 4 is 23.2 Å². The third-order valence-corrected chi connectivity index (χ3v) is 3.49. The quantitative estimate of drug-likeness (QED) is 0.504. The third-order valence-electron chi connectivity index (χ3n) is 3.25. The minimum atomic E-state index is -0.553. The Hall–Kier alpha value is -2.27. The molecule has 1 aromatic rings. The molecule has 0 aliphatic heterocycles. The van der Waals surface area contributed by atoms with Gasteiger partial charge in [0.05, 0.1) is 26.0 Å². The molecule has 0 aliphatic carbocycles. The molecule has 0 unspecified atom stereocenters. The van der Waals surface area contributed by atoms with Crippen molar-refractivity contribution in [1.29, 1.82) is 5.26 Å². The minimum Gasteiger partial charge on any atom is -0.495 e. The average molecular weight is 368 g/mol. The number of rotatable bonds is 10. The standard InChI is InChI=1S/C17H22ClN3O4/c1-23-8-6-21(7-9-24-2)12-13(11-19)17(22)20-15-10-14(18)4-5-16(15)25-3/h4-5,10,12H,6-9H2,1-3H3,(H,20,22)/b13-12-. The van der Waals surface area contributed by atoms with Crippen LogP contribution in [0.25, 0.3) is 0 Å². The minimum absolute atomic E-state index is 0.0470. The van der Waals surface area contributed by atoms with Gasteiger partial charge in [-0.15, -0.1) is 0 Å². The second-order valence-electron chi connectivity index (χ2n) is 4.97. The number of methoxy groups -OCH3 is 3. The van der Waals surface area contributed by atoms with Crippen LogP contribution in [0, 0.1) is 11.3 Å². The molecule has 1 aromatic carbocycles. The smallest absolute Gasteiger partial charge is 0.267 e. The molecule has 0 fully saturated rings. The van der Waals surface area contributed by atoms with Gasteiger partial charge in [-0.05, 0) is 18.2 Å². The van der Waals surface area contributed by atoms with Crippen LogP contribution in [0.5, 0.6) is 5.75 Å². The van der Waals surface area contributed by atoms with Crippen LogP contribution >= 0.6 is 11.6 Å². The predicted octanol–water partition coefficient (Wildman–Crippen LogP) is 2.29. The fraction of sp³-hybridized carbons (Fsp3) is 0.412. The molecule has 0 bridgehead atoms. The molecule has 0 heterocycles. The summed E-state index contributed by atoms with van der Waals surface area (Å²) in [7, 11) is 4.65. The van der Waals surface area contributed by atoms with Crippen LogP contribution in [0.3, 0.4) is 0 Å². The highest BCUT2D eigenvalue weighted by Crippen LogP contribution is 2.28. The predicted molar refractivity (Wildman–Crippen MR) is 95.7 cm³/mol. The molecular formula is C17H22ClN3O4. The lowest BCUT2D eigenvalue weighted by Crippen LogP contribution is -2.27.